The zero-order chi connectivity index (χ0) is 14.9. The highest BCUT2D eigenvalue weighted by Gasteiger charge is 2.19. The zero-order valence-corrected chi connectivity index (χ0v) is 13.1. The standard InChI is InChI=1S/C15H16ClNO2S/c1-10-7-8-14(13(16)9-10)20(18,19)17-15-11(2)5-4-6-12(15)3/h4-9,17H,1-3H3. The summed E-state index contributed by atoms with van der Waals surface area (Å²) in [6.07, 6.45) is 0. The van der Waals surface area contributed by atoms with Crippen molar-refractivity contribution in [2.45, 2.75) is 25.7 Å². The van der Waals surface area contributed by atoms with Gasteiger partial charge in [-0.1, -0.05) is 35.9 Å². The molecule has 5 heteroatoms. The molecule has 0 aromatic heterocycles. The van der Waals surface area contributed by atoms with Crippen LogP contribution in [-0.2, 0) is 10.0 Å². The fourth-order valence-corrected chi connectivity index (χ4v) is 3.79. The molecule has 0 aliphatic carbocycles. The van der Waals surface area contributed by atoms with Crippen molar-refractivity contribution >= 4 is 27.3 Å². The van der Waals surface area contributed by atoms with Crippen molar-refractivity contribution < 1.29 is 8.42 Å². The van der Waals surface area contributed by atoms with Crippen LogP contribution in [-0.4, -0.2) is 8.42 Å². The predicted octanol–water partition coefficient (Wildman–Crippen LogP) is 4.07. The van der Waals surface area contributed by atoms with Crippen molar-refractivity contribution in [1.82, 2.24) is 0 Å². The summed E-state index contributed by atoms with van der Waals surface area (Å²) in [6, 6.07) is 10.5. The summed E-state index contributed by atoms with van der Waals surface area (Å²) >= 11 is 6.04. The van der Waals surface area contributed by atoms with Gasteiger partial charge in [0.15, 0.2) is 0 Å². The number of sulfonamides is 1. The Hall–Kier alpha value is -1.52. The number of hydrogen-bond acceptors (Lipinski definition) is 2. The van der Waals surface area contributed by atoms with E-state index in [-0.39, 0.29) is 9.92 Å². The van der Waals surface area contributed by atoms with E-state index in [2.05, 4.69) is 4.72 Å². The zero-order valence-electron chi connectivity index (χ0n) is 11.6. The number of nitrogens with one attached hydrogen (secondary N) is 1. The van der Waals surface area contributed by atoms with E-state index in [1.807, 2.05) is 39.0 Å². The van der Waals surface area contributed by atoms with Crippen LogP contribution >= 0.6 is 11.6 Å². The number of anilines is 1. The summed E-state index contributed by atoms with van der Waals surface area (Å²) < 4.78 is 27.5. The molecule has 0 unspecified atom stereocenters. The molecule has 20 heavy (non-hydrogen) atoms. The molecule has 0 spiro atoms. The molecule has 0 aliphatic rings. The first-order valence-electron chi connectivity index (χ1n) is 6.16. The van der Waals surface area contributed by atoms with Crippen molar-refractivity contribution in [3.05, 3.63) is 58.1 Å². The van der Waals surface area contributed by atoms with Gasteiger partial charge in [-0.3, -0.25) is 4.72 Å². The Morgan fingerprint density at radius 2 is 1.60 bits per heavy atom. The van der Waals surface area contributed by atoms with Gasteiger partial charge in [0.25, 0.3) is 10.0 Å². The Labute approximate surface area is 124 Å². The lowest BCUT2D eigenvalue weighted by atomic mass is 10.1. The van der Waals surface area contributed by atoms with Crippen LogP contribution in [0.25, 0.3) is 0 Å². The lowest BCUT2D eigenvalue weighted by molar-refractivity contribution is 0.601. The molecular formula is C15H16ClNO2S. The molecule has 1 N–H and O–H groups in total. The second-order valence-electron chi connectivity index (χ2n) is 4.81. The first-order valence-corrected chi connectivity index (χ1v) is 8.02. The molecule has 0 atom stereocenters. The van der Waals surface area contributed by atoms with Gasteiger partial charge in [0.05, 0.1) is 10.7 Å². The lowest BCUT2D eigenvalue weighted by Crippen LogP contribution is -2.15. The van der Waals surface area contributed by atoms with E-state index in [1.54, 1.807) is 12.1 Å². The topological polar surface area (TPSA) is 46.2 Å². The maximum atomic E-state index is 12.4. The second kappa shape index (κ2) is 5.46. The number of benzene rings is 2. The largest absolute Gasteiger partial charge is 0.279 e. The third-order valence-corrected chi connectivity index (χ3v) is 4.93. The normalized spacial score (nSPS) is 11.4. The van der Waals surface area contributed by atoms with Crippen LogP contribution < -0.4 is 4.72 Å². The number of aryl methyl sites for hydroxylation is 3. The van der Waals surface area contributed by atoms with Gasteiger partial charge >= 0.3 is 0 Å². The molecule has 2 rings (SSSR count). The maximum absolute atomic E-state index is 12.4. The maximum Gasteiger partial charge on any atom is 0.263 e. The minimum absolute atomic E-state index is 0.0902. The lowest BCUT2D eigenvalue weighted by Gasteiger charge is -2.14. The number of halogens is 1. The molecule has 0 aliphatic heterocycles. The number of para-hydroxylation sites is 1. The van der Waals surface area contributed by atoms with Crippen LogP contribution in [0.5, 0.6) is 0 Å². The van der Waals surface area contributed by atoms with Gasteiger partial charge in [-0.15, -0.1) is 0 Å². The molecule has 0 bridgehead atoms. The monoisotopic (exact) mass is 309 g/mol. The SMILES string of the molecule is Cc1ccc(S(=O)(=O)Nc2c(C)cccc2C)c(Cl)c1. The van der Waals surface area contributed by atoms with Gasteiger partial charge in [0.1, 0.15) is 4.90 Å². The average molecular weight is 310 g/mol. The Balaban J connectivity index is 2.46. The Bertz CT molecular complexity index is 734. The second-order valence-corrected chi connectivity index (χ2v) is 6.86. The van der Waals surface area contributed by atoms with Gasteiger partial charge in [0, 0.05) is 0 Å². The number of hydrogen-bond donors (Lipinski definition) is 1. The summed E-state index contributed by atoms with van der Waals surface area (Å²) in [5.41, 5.74) is 3.26. The van der Waals surface area contributed by atoms with E-state index in [9.17, 15) is 8.42 Å². The Kier molecular flexibility index (Phi) is 4.06. The molecule has 0 heterocycles. The average Bonchev–Trinajstić information content (AvgIpc) is 2.33. The minimum atomic E-state index is -3.69. The van der Waals surface area contributed by atoms with Crippen LogP contribution in [0.1, 0.15) is 16.7 Å². The minimum Gasteiger partial charge on any atom is -0.279 e. The van der Waals surface area contributed by atoms with Crippen molar-refractivity contribution in [1.29, 1.82) is 0 Å². The fourth-order valence-electron chi connectivity index (χ4n) is 1.99. The van der Waals surface area contributed by atoms with E-state index in [0.717, 1.165) is 16.7 Å². The molecule has 0 amide bonds. The van der Waals surface area contributed by atoms with Gasteiger partial charge in [-0.2, -0.15) is 0 Å². The van der Waals surface area contributed by atoms with Crippen molar-refractivity contribution in [3.63, 3.8) is 0 Å². The third kappa shape index (κ3) is 2.97. The van der Waals surface area contributed by atoms with Gasteiger partial charge in [-0.05, 0) is 49.6 Å². The molecular weight excluding hydrogens is 294 g/mol. The Morgan fingerprint density at radius 3 is 2.15 bits per heavy atom. The van der Waals surface area contributed by atoms with Crippen LogP contribution in [0.2, 0.25) is 5.02 Å². The van der Waals surface area contributed by atoms with Crippen molar-refractivity contribution in [2.24, 2.45) is 0 Å². The summed E-state index contributed by atoms with van der Waals surface area (Å²) in [5.74, 6) is 0. The highest BCUT2D eigenvalue weighted by Crippen LogP contribution is 2.27. The van der Waals surface area contributed by atoms with Gasteiger partial charge in [0.2, 0.25) is 0 Å². The van der Waals surface area contributed by atoms with Gasteiger partial charge in [-0.25, -0.2) is 8.42 Å². The highest BCUT2D eigenvalue weighted by atomic mass is 35.5. The van der Waals surface area contributed by atoms with E-state index in [4.69, 9.17) is 11.6 Å². The van der Waals surface area contributed by atoms with E-state index in [0.29, 0.717) is 5.69 Å². The molecule has 3 nitrogen and oxygen atoms in total. The predicted molar refractivity (Wildman–Crippen MR) is 82.9 cm³/mol. The van der Waals surface area contributed by atoms with Crippen LogP contribution in [0.4, 0.5) is 5.69 Å². The van der Waals surface area contributed by atoms with Gasteiger partial charge < -0.3 is 0 Å². The summed E-state index contributed by atoms with van der Waals surface area (Å²) in [5, 5.41) is 0.226. The molecule has 0 saturated heterocycles. The molecule has 2 aromatic carbocycles. The fraction of sp³-hybridized carbons (Fsp3) is 0.200. The van der Waals surface area contributed by atoms with E-state index >= 15 is 0 Å². The van der Waals surface area contributed by atoms with Crippen LogP contribution in [0.3, 0.4) is 0 Å². The van der Waals surface area contributed by atoms with Crippen molar-refractivity contribution in [2.75, 3.05) is 4.72 Å². The molecule has 0 radical (unpaired) electrons. The molecule has 0 saturated carbocycles. The summed E-state index contributed by atoms with van der Waals surface area (Å²) in [7, 11) is -3.69. The van der Waals surface area contributed by atoms with Crippen LogP contribution in [0, 0.1) is 20.8 Å². The first-order chi connectivity index (χ1) is 9.31. The highest BCUT2D eigenvalue weighted by molar-refractivity contribution is 7.92. The van der Waals surface area contributed by atoms with E-state index < -0.39 is 10.0 Å². The molecule has 2 aromatic rings. The first kappa shape index (κ1) is 14.9. The van der Waals surface area contributed by atoms with Crippen LogP contribution in [0.15, 0.2) is 41.3 Å². The quantitative estimate of drug-likeness (QED) is 0.929. The Morgan fingerprint density at radius 1 is 1.00 bits per heavy atom. The van der Waals surface area contributed by atoms with E-state index in [1.165, 1.54) is 6.07 Å². The van der Waals surface area contributed by atoms with Crippen molar-refractivity contribution in [3.8, 4) is 0 Å². The number of rotatable bonds is 3. The summed E-state index contributed by atoms with van der Waals surface area (Å²) in [4.78, 5) is 0.0902. The molecule has 106 valence electrons. The molecule has 0 fully saturated rings. The smallest absolute Gasteiger partial charge is 0.263 e. The summed E-state index contributed by atoms with van der Waals surface area (Å²) in [6.45, 7) is 5.59. The third-order valence-electron chi connectivity index (χ3n) is 3.09.